The average Bonchev–Trinajstić information content (AvgIpc) is 3.18. The molecule has 7 heteroatoms. The van der Waals surface area contributed by atoms with E-state index in [0.29, 0.717) is 5.69 Å². The van der Waals surface area contributed by atoms with Gasteiger partial charge < -0.3 is 4.74 Å². The smallest absolute Gasteiger partial charge is 0.251 e. The Labute approximate surface area is 162 Å². The molecule has 2 aromatic heterocycles. The van der Waals surface area contributed by atoms with E-state index in [9.17, 15) is 9.18 Å². The number of aromatic nitrogens is 4. The minimum absolute atomic E-state index is 0.0575. The number of benzene rings is 1. The van der Waals surface area contributed by atoms with Gasteiger partial charge in [-0.15, -0.1) is 0 Å². The Morgan fingerprint density at radius 1 is 1.36 bits per heavy atom. The number of methoxy groups -OCH3 is 1. The van der Waals surface area contributed by atoms with Gasteiger partial charge in [0, 0.05) is 5.70 Å². The van der Waals surface area contributed by atoms with Crippen molar-refractivity contribution in [2.75, 3.05) is 7.11 Å². The summed E-state index contributed by atoms with van der Waals surface area (Å²) in [6.07, 6.45) is 7.05. The molecule has 28 heavy (non-hydrogen) atoms. The summed E-state index contributed by atoms with van der Waals surface area (Å²) in [7, 11) is 1.39. The summed E-state index contributed by atoms with van der Waals surface area (Å²) in [6.45, 7) is 7.46. The summed E-state index contributed by atoms with van der Waals surface area (Å²) in [5.74, 6) is -0.373. The molecule has 0 aliphatic rings. The summed E-state index contributed by atoms with van der Waals surface area (Å²) in [4.78, 5) is 12.8. The third-order valence-corrected chi connectivity index (χ3v) is 4.35. The predicted octanol–water partition coefficient (Wildman–Crippen LogP) is 3.85. The fraction of sp³-hybridized carbons (Fsp3) is 0.190. The molecule has 0 atom stereocenters. The van der Waals surface area contributed by atoms with Crippen molar-refractivity contribution in [2.45, 2.75) is 20.3 Å². The van der Waals surface area contributed by atoms with E-state index in [-0.39, 0.29) is 17.1 Å². The lowest BCUT2D eigenvalue weighted by Crippen LogP contribution is -2.18. The second kappa shape index (κ2) is 8.04. The molecule has 2 heterocycles. The van der Waals surface area contributed by atoms with Gasteiger partial charge in [-0.3, -0.25) is 4.79 Å². The lowest BCUT2D eigenvalue weighted by atomic mass is 10.1. The maximum atomic E-state index is 14.6. The van der Waals surface area contributed by atoms with Gasteiger partial charge in [-0.2, -0.15) is 10.2 Å². The fourth-order valence-corrected chi connectivity index (χ4v) is 2.87. The average molecular weight is 380 g/mol. The van der Waals surface area contributed by atoms with Crippen LogP contribution in [0.2, 0.25) is 0 Å². The molecule has 0 aliphatic carbocycles. The molecule has 1 aromatic carbocycles. The van der Waals surface area contributed by atoms with Crippen molar-refractivity contribution in [1.82, 2.24) is 19.6 Å². The largest absolute Gasteiger partial charge is 0.491 e. The Balaban J connectivity index is 2.24. The van der Waals surface area contributed by atoms with Crippen LogP contribution in [0.15, 0.2) is 60.2 Å². The summed E-state index contributed by atoms with van der Waals surface area (Å²) in [6, 6.07) is 6.59. The lowest BCUT2D eigenvalue weighted by Gasteiger charge is -2.13. The molecule has 0 fully saturated rings. The molecule has 3 rings (SSSR count). The van der Waals surface area contributed by atoms with Gasteiger partial charge in [-0.05, 0) is 43.2 Å². The highest BCUT2D eigenvalue weighted by molar-refractivity contribution is 5.62. The molecule has 0 aliphatic heterocycles. The second-order valence-corrected chi connectivity index (χ2v) is 6.13. The van der Waals surface area contributed by atoms with Gasteiger partial charge in [0.2, 0.25) is 0 Å². The Morgan fingerprint density at radius 3 is 2.79 bits per heavy atom. The molecule has 0 radical (unpaired) electrons. The van der Waals surface area contributed by atoms with Crippen LogP contribution in [0.25, 0.3) is 22.8 Å². The van der Waals surface area contributed by atoms with Gasteiger partial charge in [0.05, 0.1) is 25.2 Å². The molecule has 6 nitrogen and oxygen atoms in total. The van der Waals surface area contributed by atoms with Crippen LogP contribution in [0.4, 0.5) is 4.39 Å². The fourth-order valence-electron chi connectivity index (χ4n) is 2.87. The molecule has 0 unspecified atom stereocenters. The molecule has 144 valence electrons. The molecular weight excluding hydrogens is 359 g/mol. The maximum Gasteiger partial charge on any atom is 0.251 e. The van der Waals surface area contributed by atoms with E-state index >= 15 is 0 Å². The summed E-state index contributed by atoms with van der Waals surface area (Å²) in [5, 5.41) is 8.63. The van der Waals surface area contributed by atoms with E-state index in [1.165, 1.54) is 24.1 Å². The first-order valence-electron chi connectivity index (χ1n) is 8.81. The number of halogens is 1. The third-order valence-electron chi connectivity index (χ3n) is 4.35. The van der Waals surface area contributed by atoms with Crippen molar-refractivity contribution in [1.29, 1.82) is 0 Å². The standard InChI is InChI=1S/C21H21FN4O2/c1-5-7-14(3)26-18(10-11-23-26)20-21(27)19(28-4)13-25(24-20)17-9-8-15(6-2)12-16(17)22/h5,7-13H,1,6H2,2-4H3/b14-7+. The van der Waals surface area contributed by atoms with E-state index in [0.717, 1.165) is 17.7 Å². The zero-order valence-electron chi connectivity index (χ0n) is 16.0. The Hall–Kier alpha value is -3.48. The van der Waals surface area contributed by atoms with E-state index < -0.39 is 11.2 Å². The molecule has 0 amide bonds. The van der Waals surface area contributed by atoms with Gasteiger partial charge in [0.1, 0.15) is 11.5 Å². The quantitative estimate of drug-likeness (QED) is 0.610. The van der Waals surface area contributed by atoms with Crippen LogP contribution in [0.3, 0.4) is 0 Å². The maximum absolute atomic E-state index is 14.6. The highest BCUT2D eigenvalue weighted by Crippen LogP contribution is 2.22. The molecular formula is C21H21FN4O2. The van der Waals surface area contributed by atoms with Crippen molar-refractivity contribution in [3.05, 3.63) is 77.0 Å². The van der Waals surface area contributed by atoms with Gasteiger partial charge in [0.15, 0.2) is 11.4 Å². The van der Waals surface area contributed by atoms with Gasteiger partial charge >= 0.3 is 0 Å². The van der Waals surface area contributed by atoms with Crippen molar-refractivity contribution in [3.8, 4) is 22.8 Å². The normalized spacial score (nSPS) is 11.5. The summed E-state index contributed by atoms with van der Waals surface area (Å²) < 4.78 is 22.7. The van der Waals surface area contributed by atoms with Crippen LogP contribution >= 0.6 is 0 Å². The Kier molecular flexibility index (Phi) is 5.54. The zero-order valence-corrected chi connectivity index (χ0v) is 16.0. The molecule has 3 aromatic rings. The van der Waals surface area contributed by atoms with Crippen LogP contribution in [0.1, 0.15) is 19.4 Å². The monoisotopic (exact) mass is 380 g/mol. The molecule has 0 spiro atoms. The van der Waals surface area contributed by atoms with Crippen LogP contribution < -0.4 is 10.2 Å². The minimum atomic E-state index is -0.431. The van der Waals surface area contributed by atoms with Gasteiger partial charge in [-0.1, -0.05) is 25.6 Å². The topological polar surface area (TPSA) is 61.9 Å². The lowest BCUT2D eigenvalue weighted by molar-refractivity contribution is 0.405. The molecule has 0 saturated carbocycles. The first-order chi connectivity index (χ1) is 13.5. The van der Waals surface area contributed by atoms with Crippen LogP contribution in [-0.2, 0) is 6.42 Å². The van der Waals surface area contributed by atoms with Gasteiger partial charge in [-0.25, -0.2) is 13.8 Å². The van der Waals surface area contributed by atoms with Crippen LogP contribution in [0.5, 0.6) is 5.75 Å². The van der Waals surface area contributed by atoms with E-state index in [1.807, 2.05) is 19.9 Å². The number of aryl methyl sites for hydroxylation is 1. The Bertz CT molecular complexity index is 1110. The number of ether oxygens (including phenoxy) is 1. The van der Waals surface area contributed by atoms with Crippen molar-refractivity contribution in [3.63, 3.8) is 0 Å². The number of hydrogen-bond acceptors (Lipinski definition) is 4. The number of allylic oxidation sites excluding steroid dienone is 3. The molecule has 0 bridgehead atoms. The minimum Gasteiger partial charge on any atom is -0.491 e. The number of nitrogens with zero attached hydrogens (tertiary/aromatic N) is 4. The van der Waals surface area contributed by atoms with E-state index in [4.69, 9.17) is 4.74 Å². The highest BCUT2D eigenvalue weighted by atomic mass is 19.1. The highest BCUT2D eigenvalue weighted by Gasteiger charge is 2.18. The summed E-state index contributed by atoms with van der Waals surface area (Å²) in [5.41, 5.74) is 2.02. The second-order valence-electron chi connectivity index (χ2n) is 6.13. The zero-order chi connectivity index (χ0) is 20.3. The molecule has 0 N–H and O–H groups in total. The van der Waals surface area contributed by atoms with E-state index in [1.54, 1.807) is 35.2 Å². The molecule has 0 saturated heterocycles. The predicted molar refractivity (Wildman–Crippen MR) is 107 cm³/mol. The van der Waals surface area contributed by atoms with Crippen LogP contribution in [-0.4, -0.2) is 26.7 Å². The third kappa shape index (κ3) is 3.51. The van der Waals surface area contributed by atoms with Gasteiger partial charge in [0.25, 0.3) is 5.43 Å². The summed E-state index contributed by atoms with van der Waals surface area (Å²) >= 11 is 0. The van der Waals surface area contributed by atoms with Crippen molar-refractivity contribution in [2.24, 2.45) is 0 Å². The first-order valence-corrected chi connectivity index (χ1v) is 8.81. The SMILES string of the molecule is C=C/C=C(\C)n1nccc1-c1nn(-c2ccc(CC)cc2F)cc(OC)c1=O. The van der Waals surface area contributed by atoms with Crippen molar-refractivity contribution >= 4 is 5.70 Å². The number of hydrogen-bond donors (Lipinski definition) is 0. The number of rotatable bonds is 6. The van der Waals surface area contributed by atoms with Crippen molar-refractivity contribution < 1.29 is 9.13 Å². The van der Waals surface area contributed by atoms with E-state index in [2.05, 4.69) is 16.8 Å². The Morgan fingerprint density at radius 2 is 2.14 bits per heavy atom. The van der Waals surface area contributed by atoms with Crippen LogP contribution in [0, 0.1) is 5.82 Å². The first kappa shape index (κ1) is 19.3.